The second kappa shape index (κ2) is 9.15. The number of nitrogens with one attached hydrogen (secondary N) is 1. The molecule has 1 amide bonds. The molecule has 1 aromatic carbocycles. The van der Waals surface area contributed by atoms with Crippen LogP contribution < -0.4 is 4.72 Å². The van der Waals surface area contributed by atoms with Gasteiger partial charge in [-0.05, 0) is 43.4 Å². The Balaban J connectivity index is 1.94. The van der Waals surface area contributed by atoms with Crippen molar-refractivity contribution >= 4 is 27.5 Å². The van der Waals surface area contributed by atoms with Gasteiger partial charge in [-0.1, -0.05) is 17.7 Å². The maximum absolute atomic E-state index is 13.2. The number of nitrogens with zero attached hydrogens (tertiary/aromatic N) is 3. The van der Waals surface area contributed by atoms with Crippen molar-refractivity contribution in [3.8, 4) is 11.4 Å². The number of carbonyl (C=O) groups excluding carboxylic acids is 1. The molecule has 1 aliphatic carbocycles. The highest BCUT2D eigenvalue weighted by Crippen LogP contribution is 2.43. The van der Waals surface area contributed by atoms with Crippen molar-refractivity contribution in [2.75, 3.05) is 20.4 Å². The summed E-state index contributed by atoms with van der Waals surface area (Å²) in [6.07, 6.45) is 4.90. The van der Waals surface area contributed by atoms with Gasteiger partial charge in [0.25, 0.3) is 5.91 Å². The van der Waals surface area contributed by atoms with E-state index in [-0.39, 0.29) is 17.8 Å². The maximum Gasteiger partial charge on any atom is 0.252 e. The summed E-state index contributed by atoms with van der Waals surface area (Å²) in [4.78, 5) is 26.3. The van der Waals surface area contributed by atoms with Crippen molar-refractivity contribution in [2.45, 2.75) is 31.7 Å². The Morgan fingerprint density at radius 2 is 2.06 bits per heavy atom. The molecule has 31 heavy (non-hydrogen) atoms. The number of sulfonamides is 1. The van der Waals surface area contributed by atoms with Crippen LogP contribution >= 0.6 is 11.6 Å². The summed E-state index contributed by atoms with van der Waals surface area (Å²) < 4.78 is 39.2. The van der Waals surface area contributed by atoms with E-state index in [2.05, 4.69) is 14.7 Å². The van der Waals surface area contributed by atoms with Crippen LogP contribution in [0.2, 0.25) is 5.02 Å². The first-order valence-corrected chi connectivity index (χ1v) is 11.9. The normalized spacial score (nSPS) is 21.3. The molecule has 0 radical (unpaired) electrons. The molecular formula is C20H24ClFN4O4S. The fourth-order valence-electron chi connectivity index (χ4n) is 4.07. The molecule has 1 N–H and O–H groups in total. The van der Waals surface area contributed by atoms with Gasteiger partial charge in [-0.2, -0.15) is 0 Å². The van der Waals surface area contributed by atoms with Crippen molar-refractivity contribution in [3.63, 3.8) is 0 Å². The van der Waals surface area contributed by atoms with E-state index in [0.29, 0.717) is 36.3 Å². The number of hydrogen-bond donors (Lipinski definition) is 1. The lowest BCUT2D eigenvalue weighted by Crippen LogP contribution is -2.43. The van der Waals surface area contributed by atoms with E-state index in [9.17, 15) is 17.6 Å². The SMILES string of the molecule is CON(C)C(=O)[C@@]1(Cc2ccc(Cl)c(-c3ncc(F)cn3)c2)CC[C@H](NS(C)(=O)=O)C1. The lowest BCUT2D eigenvalue weighted by molar-refractivity contribution is -0.180. The zero-order chi connectivity index (χ0) is 22.8. The third-order valence-corrected chi connectivity index (χ3v) is 6.53. The minimum atomic E-state index is -3.40. The second-order valence-corrected chi connectivity index (χ2v) is 10.00. The Labute approximate surface area is 185 Å². The first-order valence-electron chi connectivity index (χ1n) is 9.59. The molecule has 2 atom stereocenters. The van der Waals surface area contributed by atoms with Crippen LogP contribution in [0.15, 0.2) is 30.6 Å². The quantitative estimate of drug-likeness (QED) is 0.624. The number of hydroxylamine groups is 2. The summed E-state index contributed by atoms with van der Waals surface area (Å²) in [5, 5.41) is 1.57. The van der Waals surface area contributed by atoms with Gasteiger partial charge in [-0.3, -0.25) is 9.63 Å². The van der Waals surface area contributed by atoms with Gasteiger partial charge >= 0.3 is 0 Å². The van der Waals surface area contributed by atoms with E-state index >= 15 is 0 Å². The van der Waals surface area contributed by atoms with E-state index < -0.39 is 21.3 Å². The van der Waals surface area contributed by atoms with Gasteiger partial charge in [-0.25, -0.2) is 32.6 Å². The molecule has 1 fully saturated rings. The molecule has 8 nitrogen and oxygen atoms in total. The van der Waals surface area contributed by atoms with Gasteiger partial charge < -0.3 is 0 Å². The number of hydrogen-bond acceptors (Lipinski definition) is 6. The molecule has 168 valence electrons. The van der Waals surface area contributed by atoms with Gasteiger partial charge in [0.15, 0.2) is 11.6 Å². The monoisotopic (exact) mass is 470 g/mol. The zero-order valence-electron chi connectivity index (χ0n) is 17.4. The molecule has 1 heterocycles. The minimum Gasteiger partial charge on any atom is -0.275 e. The van der Waals surface area contributed by atoms with Gasteiger partial charge in [0.1, 0.15) is 0 Å². The minimum absolute atomic E-state index is 0.234. The van der Waals surface area contributed by atoms with Crippen LogP contribution in [0.5, 0.6) is 0 Å². The summed E-state index contributed by atoms with van der Waals surface area (Å²) >= 11 is 6.31. The van der Waals surface area contributed by atoms with Crippen molar-refractivity contribution < 1.29 is 22.4 Å². The fourth-order valence-corrected chi connectivity index (χ4v) is 5.08. The van der Waals surface area contributed by atoms with Gasteiger partial charge in [-0.15, -0.1) is 0 Å². The summed E-state index contributed by atoms with van der Waals surface area (Å²) in [5.74, 6) is -0.522. The molecule has 1 aromatic heterocycles. The molecule has 0 spiro atoms. The van der Waals surface area contributed by atoms with E-state index in [4.69, 9.17) is 16.4 Å². The van der Waals surface area contributed by atoms with Gasteiger partial charge in [0.05, 0.1) is 36.2 Å². The van der Waals surface area contributed by atoms with Crippen LogP contribution in [0, 0.1) is 11.2 Å². The van der Waals surface area contributed by atoms with E-state index in [1.54, 1.807) is 18.2 Å². The largest absolute Gasteiger partial charge is 0.275 e. The third kappa shape index (κ3) is 5.57. The Morgan fingerprint density at radius 3 is 2.68 bits per heavy atom. The first kappa shape index (κ1) is 23.5. The molecule has 0 bridgehead atoms. The predicted octanol–water partition coefficient (Wildman–Crippen LogP) is 2.59. The average molecular weight is 471 g/mol. The number of aromatic nitrogens is 2. The van der Waals surface area contributed by atoms with Crippen molar-refractivity contribution in [1.29, 1.82) is 0 Å². The maximum atomic E-state index is 13.2. The molecular weight excluding hydrogens is 447 g/mol. The number of rotatable bonds is 7. The van der Waals surface area contributed by atoms with Crippen molar-refractivity contribution in [3.05, 3.63) is 47.0 Å². The average Bonchev–Trinajstić information content (AvgIpc) is 3.10. The lowest BCUT2D eigenvalue weighted by atomic mass is 9.78. The summed E-state index contributed by atoms with van der Waals surface area (Å²) in [6.45, 7) is 0. The molecule has 0 unspecified atom stereocenters. The summed E-state index contributed by atoms with van der Waals surface area (Å²) in [5.41, 5.74) is 0.456. The Hall–Kier alpha value is -2.14. The highest BCUT2D eigenvalue weighted by molar-refractivity contribution is 7.88. The number of amides is 1. The lowest BCUT2D eigenvalue weighted by Gasteiger charge is -2.32. The van der Waals surface area contributed by atoms with Gasteiger partial charge in [0.2, 0.25) is 10.0 Å². The molecule has 3 rings (SSSR count). The van der Waals surface area contributed by atoms with Crippen molar-refractivity contribution in [1.82, 2.24) is 19.8 Å². The highest BCUT2D eigenvalue weighted by Gasteiger charge is 2.47. The smallest absolute Gasteiger partial charge is 0.252 e. The third-order valence-electron chi connectivity index (χ3n) is 5.44. The highest BCUT2D eigenvalue weighted by atomic mass is 35.5. The molecule has 0 saturated heterocycles. The Bertz CT molecular complexity index is 1070. The fraction of sp³-hybridized carbons (Fsp3) is 0.450. The molecule has 11 heteroatoms. The number of halogens is 2. The summed E-state index contributed by atoms with van der Waals surface area (Å²) in [7, 11) is -0.474. The van der Waals surface area contributed by atoms with E-state index in [1.807, 2.05) is 0 Å². The van der Waals surface area contributed by atoms with Crippen LogP contribution in [0.25, 0.3) is 11.4 Å². The first-order chi connectivity index (χ1) is 14.5. The number of carbonyl (C=O) groups is 1. The Morgan fingerprint density at radius 1 is 1.39 bits per heavy atom. The van der Waals surface area contributed by atoms with Gasteiger partial charge in [0, 0.05) is 18.7 Å². The van der Waals surface area contributed by atoms with Crippen LogP contribution in [-0.2, 0) is 26.1 Å². The van der Waals surface area contributed by atoms with E-state index in [0.717, 1.165) is 24.2 Å². The molecule has 1 saturated carbocycles. The van der Waals surface area contributed by atoms with Crippen LogP contribution in [0.4, 0.5) is 4.39 Å². The molecule has 2 aromatic rings. The second-order valence-electron chi connectivity index (χ2n) is 7.81. The van der Waals surface area contributed by atoms with Crippen molar-refractivity contribution in [2.24, 2.45) is 5.41 Å². The predicted molar refractivity (Wildman–Crippen MR) is 114 cm³/mol. The van der Waals surface area contributed by atoms with Crippen LogP contribution in [0.1, 0.15) is 24.8 Å². The Kier molecular flexibility index (Phi) is 6.95. The molecule has 1 aliphatic rings. The summed E-state index contributed by atoms with van der Waals surface area (Å²) in [6, 6.07) is 4.90. The topological polar surface area (TPSA) is 101 Å². The zero-order valence-corrected chi connectivity index (χ0v) is 19.0. The molecule has 0 aliphatic heterocycles. The standard InChI is InChI=1S/C20H24ClFN4O4S/c1-26(30-2)19(27)20(7-6-15(10-20)25-31(3,28)29)9-13-4-5-17(21)16(8-13)18-23-11-14(22)12-24-18/h4-5,8,11-12,15,25H,6-7,9-10H2,1-3H3/t15-,20+/m0/s1. The van der Waals surface area contributed by atoms with Crippen LogP contribution in [0.3, 0.4) is 0 Å². The number of benzene rings is 1. The van der Waals surface area contributed by atoms with Crippen LogP contribution in [-0.4, -0.2) is 55.8 Å². The van der Waals surface area contributed by atoms with E-state index in [1.165, 1.54) is 19.2 Å².